The topological polar surface area (TPSA) is 97.4 Å². The van der Waals surface area contributed by atoms with Crippen molar-refractivity contribution in [2.75, 3.05) is 14.2 Å². The smallest absolute Gasteiger partial charge is 0.417 e. The summed E-state index contributed by atoms with van der Waals surface area (Å²) in [6.07, 6.45) is -4.88. The standard InChI is InChI=1S/C30H25F3O8/c1-16(2)28(35)40-24-10-8-18(12-27(24)39-15-34)20-14-25(41-29(36)17(3)4)21(13-22(20)30(31,32)33)19-7-9-23(37-5)26(11-19)38-6/h7-15H,1,3H2,2,4-6H3. The molecule has 3 rings (SSSR count). The Hall–Kier alpha value is -5.06. The van der Waals surface area contributed by atoms with E-state index in [1.807, 2.05) is 0 Å². The summed E-state index contributed by atoms with van der Waals surface area (Å²) in [5.41, 5.74) is -1.39. The zero-order valence-corrected chi connectivity index (χ0v) is 22.5. The number of hydrogen-bond acceptors (Lipinski definition) is 8. The molecule has 11 heteroatoms. The van der Waals surface area contributed by atoms with Crippen LogP contribution in [0.4, 0.5) is 13.2 Å². The molecule has 0 N–H and O–H groups in total. The maximum atomic E-state index is 14.5. The first-order chi connectivity index (χ1) is 19.3. The van der Waals surface area contributed by atoms with Crippen molar-refractivity contribution in [2.45, 2.75) is 20.0 Å². The number of rotatable bonds is 10. The summed E-state index contributed by atoms with van der Waals surface area (Å²) < 4.78 is 69.4. The molecule has 214 valence electrons. The van der Waals surface area contributed by atoms with Crippen molar-refractivity contribution in [2.24, 2.45) is 0 Å². The van der Waals surface area contributed by atoms with Crippen LogP contribution in [0.25, 0.3) is 22.3 Å². The van der Waals surface area contributed by atoms with Gasteiger partial charge in [-0.3, -0.25) is 4.79 Å². The second-order valence-electron chi connectivity index (χ2n) is 8.68. The van der Waals surface area contributed by atoms with E-state index in [-0.39, 0.29) is 57.3 Å². The number of halogens is 3. The fourth-order valence-corrected chi connectivity index (χ4v) is 3.64. The van der Waals surface area contributed by atoms with Gasteiger partial charge in [-0.25, -0.2) is 9.59 Å². The van der Waals surface area contributed by atoms with Gasteiger partial charge in [-0.1, -0.05) is 25.3 Å². The zero-order chi connectivity index (χ0) is 30.5. The lowest BCUT2D eigenvalue weighted by Gasteiger charge is -2.20. The molecule has 3 aromatic rings. The van der Waals surface area contributed by atoms with E-state index in [1.54, 1.807) is 0 Å². The number of hydrogen-bond donors (Lipinski definition) is 0. The maximum Gasteiger partial charge on any atom is 0.417 e. The van der Waals surface area contributed by atoms with E-state index < -0.39 is 29.2 Å². The monoisotopic (exact) mass is 570 g/mol. The highest BCUT2D eigenvalue weighted by molar-refractivity contribution is 5.92. The molecule has 0 heterocycles. The van der Waals surface area contributed by atoms with E-state index in [4.69, 9.17) is 23.7 Å². The predicted octanol–water partition coefficient (Wildman–Crippen LogP) is 6.55. The van der Waals surface area contributed by atoms with Crippen molar-refractivity contribution in [3.05, 3.63) is 78.4 Å². The summed E-state index contributed by atoms with van der Waals surface area (Å²) in [7, 11) is 2.77. The molecule has 0 amide bonds. The zero-order valence-electron chi connectivity index (χ0n) is 22.5. The van der Waals surface area contributed by atoms with Gasteiger partial charge in [0.1, 0.15) is 5.75 Å². The highest BCUT2D eigenvalue weighted by atomic mass is 19.4. The molecule has 8 nitrogen and oxygen atoms in total. The summed E-state index contributed by atoms with van der Waals surface area (Å²) >= 11 is 0. The molecule has 0 saturated heterocycles. The third-order valence-electron chi connectivity index (χ3n) is 5.65. The Bertz CT molecular complexity index is 1540. The maximum absolute atomic E-state index is 14.5. The van der Waals surface area contributed by atoms with Gasteiger partial charge >= 0.3 is 18.1 Å². The van der Waals surface area contributed by atoms with Crippen LogP contribution in [-0.4, -0.2) is 32.6 Å². The minimum Gasteiger partial charge on any atom is -0.493 e. The van der Waals surface area contributed by atoms with Crippen LogP contribution in [-0.2, 0) is 20.6 Å². The van der Waals surface area contributed by atoms with Crippen molar-refractivity contribution in [3.63, 3.8) is 0 Å². The third kappa shape index (κ3) is 6.93. The Morgan fingerprint density at radius 3 is 1.73 bits per heavy atom. The molecule has 0 fully saturated rings. The molecule has 0 aromatic heterocycles. The Balaban J connectivity index is 2.32. The highest BCUT2D eigenvalue weighted by Crippen LogP contribution is 2.46. The molecular formula is C30H25F3O8. The first kappa shape index (κ1) is 30.5. The van der Waals surface area contributed by atoms with Crippen molar-refractivity contribution in [1.29, 1.82) is 0 Å². The van der Waals surface area contributed by atoms with Crippen LogP contribution in [0.3, 0.4) is 0 Å². The van der Waals surface area contributed by atoms with Crippen LogP contribution in [0.1, 0.15) is 19.4 Å². The second kappa shape index (κ2) is 12.4. The lowest BCUT2D eigenvalue weighted by atomic mass is 9.93. The number of ether oxygens (including phenoxy) is 5. The van der Waals surface area contributed by atoms with Crippen LogP contribution < -0.4 is 23.7 Å². The van der Waals surface area contributed by atoms with Gasteiger partial charge in [0, 0.05) is 16.7 Å². The number of carbonyl (C=O) groups excluding carboxylic acids is 3. The van der Waals surface area contributed by atoms with E-state index in [9.17, 15) is 27.6 Å². The minimum absolute atomic E-state index is 0.00931. The lowest BCUT2D eigenvalue weighted by Crippen LogP contribution is -2.12. The van der Waals surface area contributed by atoms with E-state index >= 15 is 0 Å². The van der Waals surface area contributed by atoms with Gasteiger partial charge in [0.15, 0.2) is 23.0 Å². The average Bonchev–Trinajstić information content (AvgIpc) is 2.92. The van der Waals surface area contributed by atoms with Crippen LogP contribution in [0.5, 0.6) is 28.7 Å². The molecular weight excluding hydrogens is 545 g/mol. The molecule has 3 aromatic carbocycles. The number of alkyl halides is 3. The number of benzene rings is 3. The van der Waals surface area contributed by atoms with Crippen LogP contribution >= 0.6 is 0 Å². The number of carbonyl (C=O) groups is 3. The fraction of sp³-hybridized carbons (Fsp3) is 0.167. The number of methoxy groups -OCH3 is 2. The molecule has 0 bridgehead atoms. The van der Waals surface area contributed by atoms with Gasteiger partial charge in [0.2, 0.25) is 0 Å². The lowest BCUT2D eigenvalue weighted by molar-refractivity contribution is -0.137. The van der Waals surface area contributed by atoms with Crippen molar-refractivity contribution < 1.29 is 51.2 Å². The molecule has 0 aliphatic rings. The molecule has 0 unspecified atom stereocenters. The van der Waals surface area contributed by atoms with Gasteiger partial charge in [-0.05, 0) is 66.9 Å². The normalized spacial score (nSPS) is 10.8. The SMILES string of the molecule is C=C(C)C(=O)Oc1ccc(-c2cc(OC(=O)C(=C)C)c(-c3ccc(OC)c(OC)c3)cc2C(F)(F)F)cc1OC=O. The minimum atomic E-state index is -4.88. The Morgan fingerprint density at radius 1 is 0.707 bits per heavy atom. The summed E-state index contributed by atoms with van der Waals surface area (Å²) in [6, 6.07) is 9.75. The van der Waals surface area contributed by atoms with E-state index in [1.165, 1.54) is 52.3 Å². The van der Waals surface area contributed by atoms with Gasteiger partial charge in [0.05, 0.1) is 19.8 Å². The summed E-state index contributed by atoms with van der Waals surface area (Å²) in [5, 5.41) is 0. The highest BCUT2D eigenvalue weighted by Gasteiger charge is 2.36. The van der Waals surface area contributed by atoms with Crippen LogP contribution in [0, 0.1) is 0 Å². The summed E-state index contributed by atoms with van der Waals surface area (Å²) in [5.74, 6) is -1.91. The fourth-order valence-electron chi connectivity index (χ4n) is 3.64. The molecule has 41 heavy (non-hydrogen) atoms. The molecule has 0 spiro atoms. The summed E-state index contributed by atoms with van der Waals surface area (Å²) in [6.45, 7) is 9.79. The Kier molecular flexibility index (Phi) is 9.23. The van der Waals surface area contributed by atoms with E-state index in [0.29, 0.717) is 5.75 Å². The first-order valence-electron chi connectivity index (χ1n) is 11.8. The second-order valence-corrected chi connectivity index (χ2v) is 8.68. The Morgan fingerprint density at radius 2 is 1.22 bits per heavy atom. The van der Waals surface area contributed by atoms with Gasteiger partial charge in [0.25, 0.3) is 6.47 Å². The summed E-state index contributed by atoms with van der Waals surface area (Å²) in [4.78, 5) is 35.6. The molecule has 0 saturated carbocycles. The Labute approximate surface area is 233 Å². The van der Waals surface area contributed by atoms with E-state index in [2.05, 4.69) is 13.2 Å². The van der Waals surface area contributed by atoms with Gasteiger partial charge in [-0.15, -0.1) is 0 Å². The quantitative estimate of drug-likeness (QED) is 0.117. The van der Waals surface area contributed by atoms with Gasteiger partial charge in [-0.2, -0.15) is 13.2 Å². The largest absolute Gasteiger partial charge is 0.493 e. The number of esters is 2. The van der Waals surface area contributed by atoms with Gasteiger partial charge < -0.3 is 23.7 Å². The third-order valence-corrected chi connectivity index (χ3v) is 5.65. The molecule has 0 aliphatic carbocycles. The van der Waals surface area contributed by atoms with Crippen molar-refractivity contribution >= 4 is 18.4 Å². The van der Waals surface area contributed by atoms with Crippen LogP contribution in [0.2, 0.25) is 0 Å². The predicted molar refractivity (Wildman–Crippen MR) is 143 cm³/mol. The molecule has 0 radical (unpaired) electrons. The van der Waals surface area contributed by atoms with Crippen molar-refractivity contribution in [3.8, 4) is 51.0 Å². The van der Waals surface area contributed by atoms with Crippen molar-refractivity contribution in [1.82, 2.24) is 0 Å². The molecule has 0 aliphatic heterocycles. The average molecular weight is 571 g/mol. The van der Waals surface area contributed by atoms with Crippen LogP contribution in [0.15, 0.2) is 72.8 Å². The first-order valence-corrected chi connectivity index (χ1v) is 11.8. The van der Waals surface area contributed by atoms with E-state index in [0.717, 1.165) is 24.3 Å². The molecule has 0 atom stereocenters.